The fourth-order valence-corrected chi connectivity index (χ4v) is 3.45. The molecule has 34 heavy (non-hydrogen) atoms. The van der Waals surface area contributed by atoms with E-state index in [1.165, 1.54) is 6.07 Å². The van der Waals surface area contributed by atoms with Crippen LogP contribution >= 0.6 is 11.6 Å². The van der Waals surface area contributed by atoms with E-state index in [1.807, 2.05) is 6.07 Å². The molecule has 1 heterocycles. The molecule has 11 heteroatoms. The third kappa shape index (κ3) is 5.52. The molecule has 2 aromatic carbocycles. The Bertz CT molecular complexity index is 1320. The van der Waals surface area contributed by atoms with Crippen LogP contribution in [-0.2, 0) is 16.1 Å². The molecule has 0 radical (unpaired) electrons. The van der Waals surface area contributed by atoms with Crippen molar-refractivity contribution >= 4 is 35.0 Å². The van der Waals surface area contributed by atoms with Crippen molar-refractivity contribution in [1.82, 2.24) is 9.55 Å². The molecule has 1 aromatic heterocycles. The molecule has 0 saturated heterocycles. The lowest BCUT2D eigenvalue weighted by Gasteiger charge is -2.24. The van der Waals surface area contributed by atoms with Crippen molar-refractivity contribution in [2.24, 2.45) is 0 Å². The summed E-state index contributed by atoms with van der Waals surface area (Å²) in [5.74, 6) is -2.95. The van der Waals surface area contributed by atoms with Gasteiger partial charge in [0.05, 0.1) is 12.1 Å². The van der Waals surface area contributed by atoms with Gasteiger partial charge in [-0.2, -0.15) is 0 Å². The van der Waals surface area contributed by atoms with Gasteiger partial charge in [0, 0.05) is 11.6 Å². The molecule has 0 aliphatic rings. The molecule has 0 aliphatic carbocycles. The van der Waals surface area contributed by atoms with Crippen molar-refractivity contribution in [2.45, 2.75) is 19.9 Å². The van der Waals surface area contributed by atoms with Gasteiger partial charge in [0.1, 0.15) is 11.6 Å². The second-order valence-electron chi connectivity index (χ2n) is 7.31. The van der Waals surface area contributed by atoms with Crippen LogP contribution < -0.4 is 21.9 Å². The van der Waals surface area contributed by atoms with Gasteiger partial charge in [-0.3, -0.25) is 19.1 Å². The fraction of sp³-hybridized carbons (Fsp3) is 0.217. The first kappa shape index (κ1) is 24.7. The molecule has 3 N–H and O–H groups in total. The molecule has 0 bridgehead atoms. The van der Waals surface area contributed by atoms with E-state index in [9.17, 15) is 23.6 Å². The maximum Gasteiger partial charge on any atom is 0.341 e. The van der Waals surface area contributed by atoms with Crippen LogP contribution in [0, 0.1) is 5.82 Å². The third-order valence-corrected chi connectivity index (χ3v) is 5.13. The number of nitrogen functional groups attached to an aromatic ring is 1. The number of nitrogens with zero attached hydrogens (tertiary/aromatic N) is 2. The van der Waals surface area contributed by atoms with Crippen LogP contribution in [0.3, 0.4) is 0 Å². The third-order valence-electron chi connectivity index (χ3n) is 4.89. The number of H-pyrrole nitrogens is 1. The first-order valence-corrected chi connectivity index (χ1v) is 10.7. The highest BCUT2D eigenvalue weighted by Crippen LogP contribution is 2.19. The minimum atomic E-state index is -1.10. The Balaban J connectivity index is 1.89. The standard InChI is InChI=1S/C23H22ClFN4O5/c1-2-10-28(18(30)13-34-22(32)16-11-15(24)8-9-17(16)25)19-20(26)29(23(33)27-21(19)31)12-14-6-4-3-5-7-14/h3-9,11H,2,10,12-13,26H2,1H3,(H,27,31,33). The van der Waals surface area contributed by atoms with Crippen LogP contribution in [0.2, 0.25) is 5.02 Å². The van der Waals surface area contributed by atoms with Gasteiger partial charge in [0.15, 0.2) is 12.3 Å². The molecule has 0 unspecified atom stereocenters. The molecule has 0 aliphatic heterocycles. The van der Waals surface area contributed by atoms with Crippen molar-refractivity contribution in [3.05, 3.63) is 91.3 Å². The summed E-state index contributed by atoms with van der Waals surface area (Å²) in [5.41, 5.74) is 4.64. The molecule has 3 aromatic rings. The predicted molar refractivity (Wildman–Crippen MR) is 126 cm³/mol. The molecular formula is C23H22ClFN4O5. The number of aromatic amines is 1. The van der Waals surface area contributed by atoms with Crippen LogP contribution in [0.15, 0.2) is 58.1 Å². The number of halogens is 2. The largest absolute Gasteiger partial charge is 0.452 e. The average Bonchev–Trinajstić information content (AvgIpc) is 2.81. The highest BCUT2D eigenvalue weighted by Gasteiger charge is 2.25. The summed E-state index contributed by atoms with van der Waals surface area (Å²) in [7, 11) is 0. The number of anilines is 2. The van der Waals surface area contributed by atoms with E-state index in [4.69, 9.17) is 22.1 Å². The lowest BCUT2D eigenvalue weighted by Crippen LogP contribution is -2.43. The van der Waals surface area contributed by atoms with E-state index in [0.29, 0.717) is 6.42 Å². The number of nitrogens with two attached hydrogens (primary N) is 1. The molecule has 9 nitrogen and oxygen atoms in total. The number of benzene rings is 2. The van der Waals surface area contributed by atoms with Crippen LogP contribution in [0.5, 0.6) is 0 Å². The number of carbonyl (C=O) groups excluding carboxylic acids is 2. The average molecular weight is 489 g/mol. The molecule has 178 valence electrons. The normalized spacial score (nSPS) is 10.7. The van der Waals surface area contributed by atoms with E-state index in [-0.39, 0.29) is 29.6 Å². The van der Waals surface area contributed by atoms with E-state index >= 15 is 0 Å². The van der Waals surface area contributed by atoms with Gasteiger partial charge in [-0.25, -0.2) is 14.0 Å². The van der Waals surface area contributed by atoms with E-state index < -0.39 is 41.1 Å². The number of aromatic nitrogens is 2. The maximum absolute atomic E-state index is 13.9. The second-order valence-corrected chi connectivity index (χ2v) is 7.75. The first-order valence-electron chi connectivity index (χ1n) is 10.3. The molecule has 3 rings (SSSR count). The number of hydrogen-bond acceptors (Lipinski definition) is 6. The highest BCUT2D eigenvalue weighted by atomic mass is 35.5. The summed E-state index contributed by atoms with van der Waals surface area (Å²) >= 11 is 5.79. The smallest absolute Gasteiger partial charge is 0.341 e. The molecular weight excluding hydrogens is 467 g/mol. The number of nitrogens with one attached hydrogen (secondary N) is 1. The van der Waals surface area contributed by atoms with Crippen molar-refractivity contribution in [2.75, 3.05) is 23.8 Å². The van der Waals surface area contributed by atoms with Gasteiger partial charge in [-0.05, 0) is 30.2 Å². The SMILES string of the molecule is CCCN(C(=O)COC(=O)c1cc(Cl)ccc1F)c1c(N)n(Cc2ccccc2)c(=O)[nH]c1=O. The number of esters is 1. The Morgan fingerprint density at radius 1 is 1.18 bits per heavy atom. The Labute approximate surface area is 198 Å². The minimum absolute atomic E-state index is 0.0543. The minimum Gasteiger partial charge on any atom is -0.452 e. The first-order chi connectivity index (χ1) is 16.2. The summed E-state index contributed by atoms with van der Waals surface area (Å²) in [5, 5.41) is 0.118. The number of hydrogen-bond donors (Lipinski definition) is 2. The van der Waals surface area contributed by atoms with Gasteiger partial charge < -0.3 is 15.4 Å². The van der Waals surface area contributed by atoms with Crippen molar-refractivity contribution in [1.29, 1.82) is 0 Å². The Kier molecular flexibility index (Phi) is 7.85. The Morgan fingerprint density at radius 3 is 2.56 bits per heavy atom. The van der Waals surface area contributed by atoms with Crippen molar-refractivity contribution in [3.8, 4) is 0 Å². The van der Waals surface area contributed by atoms with E-state index in [2.05, 4.69) is 4.98 Å². The number of amides is 1. The Morgan fingerprint density at radius 2 is 1.88 bits per heavy atom. The van der Waals surface area contributed by atoms with Gasteiger partial charge in [-0.15, -0.1) is 0 Å². The van der Waals surface area contributed by atoms with Crippen molar-refractivity contribution < 1.29 is 18.7 Å². The topological polar surface area (TPSA) is 127 Å². The van der Waals surface area contributed by atoms with Crippen LogP contribution in [-0.4, -0.2) is 34.6 Å². The fourth-order valence-electron chi connectivity index (χ4n) is 3.28. The summed E-state index contributed by atoms with van der Waals surface area (Å²) in [4.78, 5) is 53.4. The van der Waals surface area contributed by atoms with Gasteiger partial charge in [0.25, 0.3) is 11.5 Å². The lowest BCUT2D eigenvalue weighted by atomic mass is 10.2. The number of carbonyl (C=O) groups is 2. The lowest BCUT2D eigenvalue weighted by molar-refractivity contribution is -0.121. The number of rotatable bonds is 8. The summed E-state index contributed by atoms with van der Waals surface area (Å²) in [6, 6.07) is 12.3. The predicted octanol–water partition coefficient (Wildman–Crippen LogP) is 2.56. The summed E-state index contributed by atoms with van der Waals surface area (Å²) < 4.78 is 20.0. The molecule has 1 amide bonds. The highest BCUT2D eigenvalue weighted by molar-refractivity contribution is 6.30. The Hall–Kier alpha value is -3.92. The van der Waals surface area contributed by atoms with E-state index in [0.717, 1.165) is 27.2 Å². The van der Waals surface area contributed by atoms with E-state index in [1.54, 1.807) is 31.2 Å². The monoisotopic (exact) mass is 488 g/mol. The van der Waals surface area contributed by atoms with Crippen LogP contribution in [0.4, 0.5) is 15.9 Å². The summed E-state index contributed by atoms with van der Waals surface area (Å²) in [6.45, 7) is 1.09. The molecule has 0 atom stereocenters. The molecule has 0 saturated carbocycles. The van der Waals surface area contributed by atoms with Gasteiger partial charge in [-0.1, -0.05) is 48.9 Å². The van der Waals surface area contributed by atoms with Gasteiger partial charge >= 0.3 is 11.7 Å². The van der Waals surface area contributed by atoms with Crippen molar-refractivity contribution in [3.63, 3.8) is 0 Å². The summed E-state index contributed by atoms with van der Waals surface area (Å²) in [6.07, 6.45) is 0.430. The quantitative estimate of drug-likeness (QED) is 0.469. The van der Waals surface area contributed by atoms with Crippen LogP contribution in [0.25, 0.3) is 0 Å². The maximum atomic E-state index is 13.9. The zero-order valence-electron chi connectivity index (χ0n) is 18.2. The molecule has 0 fully saturated rings. The number of ether oxygens (including phenoxy) is 1. The van der Waals surface area contributed by atoms with Crippen LogP contribution in [0.1, 0.15) is 29.3 Å². The van der Waals surface area contributed by atoms with Gasteiger partial charge in [0.2, 0.25) is 0 Å². The molecule has 0 spiro atoms. The zero-order chi connectivity index (χ0) is 24.8. The second kappa shape index (κ2) is 10.8. The zero-order valence-corrected chi connectivity index (χ0v) is 19.0.